The van der Waals surface area contributed by atoms with E-state index in [1.807, 2.05) is 12.1 Å². The second kappa shape index (κ2) is 10.2. The highest BCUT2D eigenvalue weighted by atomic mass is 32.1. The molecule has 0 spiro atoms. The number of carbonyl (C=O) groups is 1. The highest BCUT2D eigenvalue weighted by Crippen LogP contribution is 2.27. The molecule has 4 nitrogen and oxygen atoms in total. The predicted molar refractivity (Wildman–Crippen MR) is 118 cm³/mol. The maximum atomic E-state index is 12.7. The SMILES string of the molecule is CCN(Cc1ccc(C(=O)NCC(c2cccs2)N2CCCC2)cc1)C(C)C. The molecule has 1 N–H and O–H groups in total. The largest absolute Gasteiger partial charge is 0.350 e. The fourth-order valence-corrected chi connectivity index (χ4v) is 4.75. The molecule has 1 aliphatic rings. The van der Waals surface area contributed by atoms with Gasteiger partial charge in [0, 0.05) is 29.6 Å². The first-order chi connectivity index (χ1) is 13.6. The van der Waals surface area contributed by atoms with Gasteiger partial charge in [-0.15, -0.1) is 11.3 Å². The van der Waals surface area contributed by atoms with E-state index < -0.39 is 0 Å². The number of likely N-dealkylation sites (tertiary alicyclic amines) is 1. The van der Waals surface area contributed by atoms with E-state index >= 15 is 0 Å². The van der Waals surface area contributed by atoms with Crippen molar-refractivity contribution < 1.29 is 4.79 Å². The molecule has 3 rings (SSSR count). The average Bonchev–Trinajstić information content (AvgIpc) is 3.41. The summed E-state index contributed by atoms with van der Waals surface area (Å²) in [5.74, 6) is 0.0171. The summed E-state index contributed by atoms with van der Waals surface area (Å²) in [7, 11) is 0. The van der Waals surface area contributed by atoms with E-state index in [2.05, 4.69) is 65.5 Å². The minimum absolute atomic E-state index is 0.0171. The summed E-state index contributed by atoms with van der Waals surface area (Å²) in [4.78, 5) is 18.9. The van der Waals surface area contributed by atoms with Crippen molar-refractivity contribution in [1.29, 1.82) is 0 Å². The standard InChI is InChI=1S/C23H33N3OS/c1-4-25(18(2)3)17-19-9-11-20(12-10-19)23(27)24-16-21(22-8-7-15-28-22)26-13-5-6-14-26/h7-12,15,18,21H,4-6,13-14,16-17H2,1-3H3,(H,24,27). The second-order valence-corrected chi connectivity index (χ2v) is 8.82. The van der Waals surface area contributed by atoms with Crippen LogP contribution in [0.3, 0.4) is 0 Å². The van der Waals surface area contributed by atoms with E-state index in [-0.39, 0.29) is 11.9 Å². The Morgan fingerprint density at radius 1 is 1.18 bits per heavy atom. The third-order valence-electron chi connectivity index (χ3n) is 5.65. The van der Waals surface area contributed by atoms with Gasteiger partial charge in [0.15, 0.2) is 0 Å². The minimum Gasteiger partial charge on any atom is -0.350 e. The van der Waals surface area contributed by atoms with E-state index in [1.165, 1.54) is 23.3 Å². The van der Waals surface area contributed by atoms with Crippen LogP contribution in [0.25, 0.3) is 0 Å². The van der Waals surface area contributed by atoms with Gasteiger partial charge < -0.3 is 5.32 Å². The first kappa shape index (κ1) is 21.0. The molecule has 2 heterocycles. The van der Waals surface area contributed by atoms with Gasteiger partial charge in [0.25, 0.3) is 5.91 Å². The molecular weight excluding hydrogens is 366 g/mol. The highest BCUT2D eigenvalue weighted by molar-refractivity contribution is 7.10. The molecule has 1 aliphatic heterocycles. The average molecular weight is 400 g/mol. The van der Waals surface area contributed by atoms with Gasteiger partial charge in [0.2, 0.25) is 0 Å². The molecule has 152 valence electrons. The van der Waals surface area contributed by atoms with Crippen LogP contribution in [0, 0.1) is 0 Å². The molecule has 2 aromatic rings. The van der Waals surface area contributed by atoms with Crippen molar-refractivity contribution in [2.75, 3.05) is 26.2 Å². The van der Waals surface area contributed by atoms with Crippen molar-refractivity contribution in [1.82, 2.24) is 15.1 Å². The van der Waals surface area contributed by atoms with Crippen LogP contribution in [-0.4, -0.2) is 47.9 Å². The molecule has 1 atom stereocenters. The third kappa shape index (κ3) is 5.43. The van der Waals surface area contributed by atoms with Gasteiger partial charge in [0.05, 0.1) is 6.04 Å². The molecule has 28 heavy (non-hydrogen) atoms. The number of hydrogen-bond donors (Lipinski definition) is 1. The zero-order valence-electron chi connectivity index (χ0n) is 17.4. The zero-order valence-corrected chi connectivity index (χ0v) is 18.2. The molecular formula is C23H33N3OS. The fourth-order valence-electron chi connectivity index (χ4n) is 3.89. The van der Waals surface area contributed by atoms with Crippen molar-refractivity contribution in [2.24, 2.45) is 0 Å². The van der Waals surface area contributed by atoms with Gasteiger partial charge in [-0.1, -0.05) is 25.1 Å². The van der Waals surface area contributed by atoms with E-state index in [0.717, 1.165) is 31.7 Å². The summed E-state index contributed by atoms with van der Waals surface area (Å²) < 4.78 is 0. The molecule has 1 aromatic carbocycles. The number of amides is 1. The Morgan fingerprint density at radius 2 is 1.89 bits per heavy atom. The molecule has 0 bridgehead atoms. The number of hydrogen-bond acceptors (Lipinski definition) is 4. The Kier molecular flexibility index (Phi) is 7.65. The number of carbonyl (C=O) groups excluding carboxylic acids is 1. The van der Waals surface area contributed by atoms with Gasteiger partial charge in [-0.2, -0.15) is 0 Å². The van der Waals surface area contributed by atoms with E-state index in [4.69, 9.17) is 0 Å². The number of rotatable bonds is 9. The van der Waals surface area contributed by atoms with Gasteiger partial charge >= 0.3 is 0 Å². The predicted octanol–water partition coefficient (Wildman–Crippen LogP) is 4.55. The normalized spacial score (nSPS) is 16.0. The lowest BCUT2D eigenvalue weighted by Gasteiger charge is -2.27. The summed E-state index contributed by atoms with van der Waals surface area (Å²) in [6.07, 6.45) is 2.50. The second-order valence-electron chi connectivity index (χ2n) is 7.84. The van der Waals surface area contributed by atoms with Crippen LogP contribution in [0.1, 0.15) is 60.5 Å². The maximum absolute atomic E-state index is 12.7. The number of nitrogens with one attached hydrogen (secondary N) is 1. The Hall–Kier alpha value is -1.69. The van der Waals surface area contributed by atoms with Crippen molar-refractivity contribution in [2.45, 2.75) is 52.2 Å². The van der Waals surface area contributed by atoms with Crippen LogP contribution in [-0.2, 0) is 6.54 Å². The summed E-state index contributed by atoms with van der Waals surface area (Å²) in [5.41, 5.74) is 1.99. The molecule has 5 heteroatoms. The first-order valence-corrected chi connectivity index (χ1v) is 11.3. The fraction of sp³-hybridized carbons (Fsp3) is 0.522. The van der Waals surface area contributed by atoms with Gasteiger partial charge in [0.1, 0.15) is 0 Å². The van der Waals surface area contributed by atoms with Gasteiger partial charge in [-0.05, 0) is 75.5 Å². The molecule has 1 saturated heterocycles. The lowest BCUT2D eigenvalue weighted by molar-refractivity contribution is 0.0938. The molecule has 1 fully saturated rings. The van der Waals surface area contributed by atoms with Crippen LogP contribution in [0.4, 0.5) is 0 Å². The Morgan fingerprint density at radius 3 is 2.46 bits per heavy atom. The molecule has 1 unspecified atom stereocenters. The van der Waals surface area contributed by atoms with Crippen LogP contribution in [0.15, 0.2) is 41.8 Å². The van der Waals surface area contributed by atoms with Crippen LogP contribution >= 0.6 is 11.3 Å². The molecule has 1 aromatic heterocycles. The lowest BCUT2D eigenvalue weighted by Crippen LogP contribution is -2.36. The summed E-state index contributed by atoms with van der Waals surface area (Å²) in [6.45, 7) is 11.5. The Bertz CT molecular complexity index is 721. The van der Waals surface area contributed by atoms with E-state index in [9.17, 15) is 4.79 Å². The topological polar surface area (TPSA) is 35.6 Å². The van der Waals surface area contributed by atoms with Gasteiger partial charge in [-0.3, -0.25) is 14.6 Å². The zero-order chi connectivity index (χ0) is 19.9. The molecule has 1 amide bonds. The molecule has 0 radical (unpaired) electrons. The highest BCUT2D eigenvalue weighted by Gasteiger charge is 2.24. The molecule has 0 aliphatic carbocycles. The number of thiophene rings is 1. The Labute approximate surface area is 173 Å². The third-order valence-corrected chi connectivity index (χ3v) is 6.62. The van der Waals surface area contributed by atoms with Gasteiger partial charge in [-0.25, -0.2) is 0 Å². The van der Waals surface area contributed by atoms with Crippen molar-refractivity contribution >= 4 is 17.2 Å². The van der Waals surface area contributed by atoms with Crippen molar-refractivity contribution in [3.05, 3.63) is 57.8 Å². The lowest BCUT2D eigenvalue weighted by atomic mass is 10.1. The monoisotopic (exact) mass is 399 g/mol. The number of benzene rings is 1. The van der Waals surface area contributed by atoms with E-state index in [0.29, 0.717) is 12.6 Å². The van der Waals surface area contributed by atoms with Crippen molar-refractivity contribution in [3.63, 3.8) is 0 Å². The molecule has 0 saturated carbocycles. The summed E-state index contributed by atoms with van der Waals surface area (Å²) >= 11 is 1.78. The maximum Gasteiger partial charge on any atom is 0.251 e. The van der Waals surface area contributed by atoms with Crippen LogP contribution in [0.2, 0.25) is 0 Å². The van der Waals surface area contributed by atoms with Crippen molar-refractivity contribution in [3.8, 4) is 0 Å². The minimum atomic E-state index is 0.0171. The van der Waals surface area contributed by atoms with E-state index in [1.54, 1.807) is 11.3 Å². The smallest absolute Gasteiger partial charge is 0.251 e. The summed E-state index contributed by atoms with van der Waals surface area (Å²) in [6, 6.07) is 13.2. The van der Waals surface area contributed by atoms with Crippen LogP contribution in [0.5, 0.6) is 0 Å². The quantitative estimate of drug-likeness (QED) is 0.672. The Balaban J connectivity index is 1.59. The number of nitrogens with zero attached hydrogens (tertiary/aromatic N) is 2. The summed E-state index contributed by atoms with van der Waals surface area (Å²) in [5, 5.41) is 5.29. The first-order valence-electron chi connectivity index (χ1n) is 10.5. The van der Waals surface area contributed by atoms with Crippen LogP contribution < -0.4 is 5.32 Å².